The number of benzene rings is 1. The van der Waals surface area contributed by atoms with Crippen molar-refractivity contribution < 1.29 is 9.53 Å². The number of unbranched alkanes of at least 4 members (excludes halogenated alkanes) is 2. The first-order valence-corrected chi connectivity index (χ1v) is 14.1. The van der Waals surface area contributed by atoms with Gasteiger partial charge in [0.25, 0.3) is 0 Å². The first-order chi connectivity index (χ1) is 16.2. The van der Waals surface area contributed by atoms with Crippen LogP contribution in [-0.2, 0) is 11.2 Å². The molecule has 1 aromatic rings. The Hall–Kier alpha value is -1.57. The molecule has 0 amide bonds. The summed E-state index contributed by atoms with van der Waals surface area (Å²) >= 11 is 0. The quantitative estimate of drug-likeness (QED) is 0.179. The third kappa shape index (κ3) is 9.30. The van der Waals surface area contributed by atoms with Crippen molar-refractivity contribution in [2.45, 2.75) is 123 Å². The molecule has 0 spiro atoms. The summed E-state index contributed by atoms with van der Waals surface area (Å²) in [7, 11) is 0. The minimum Gasteiger partial charge on any atom is -0.459 e. The van der Waals surface area contributed by atoms with Gasteiger partial charge in [-0.3, -0.25) is 0 Å². The van der Waals surface area contributed by atoms with Crippen molar-refractivity contribution in [1.82, 2.24) is 0 Å². The van der Waals surface area contributed by atoms with Crippen LogP contribution in [-0.4, -0.2) is 12.1 Å². The van der Waals surface area contributed by atoms with Gasteiger partial charge in [-0.15, -0.1) is 0 Å². The predicted octanol–water partition coefficient (Wildman–Crippen LogP) is 9.08. The number of ether oxygens (including phenoxy) is 1. The molecule has 2 fully saturated rings. The van der Waals surface area contributed by atoms with Gasteiger partial charge in [0.1, 0.15) is 6.10 Å². The number of carbonyl (C=O) groups excluding carboxylic acids is 1. The molecule has 2 aliphatic carbocycles. The van der Waals surface area contributed by atoms with E-state index in [4.69, 9.17) is 4.74 Å². The molecule has 2 saturated carbocycles. The SMILES string of the molecule is CCCCC[C@H]1CC[C@H](C=CCCc2ccc(C(=O)O[C@H]3CC[C@H](CCC)CC3)cc2)CC1. The number of allylic oxidation sites excluding steroid dienone is 2. The maximum absolute atomic E-state index is 12.5. The molecule has 2 nitrogen and oxygen atoms in total. The van der Waals surface area contributed by atoms with Crippen LogP contribution in [0.25, 0.3) is 0 Å². The molecule has 0 atom stereocenters. The van der Waals surface area contributed by atoms with Gasteiger partial charge in [-0.25, -0.2) is 4.79 Å². The van der Waals surface area contributed by atoms with E-state index in [-0.39, 0.29) is 12.1 Å². The Morgan fingerprint density at radius 1 is 0.848 bits per heavy atom. The van der Waals surface area contributed by atoms with Crippen molar-refractivity contribution >= 4 is 5.97 Å². The summed E-state index contributed by atoms with van der Waals surface area (Å²) in [5.74, 6) is 2.47. The molecule has 0 aromatic heterocycles. The molecule has 0 aliphatic heterocycles. The molecule has 2 heteroatoms. The summed E-state index contributed by atoms with van der Waals surface area (Å²) in [6.07, 6.45) is 25.4. The van der Waals surface area contributed by atoms with Crippen LogP contribution < -0.4 is 0 Å². The molecule has 3 rings (SSSR count). The van der Waals surface area contributed by atoms with E-state index >= 15 is 0 Å². The molecule has 184 valence electrons. The molecule has 0 saturated heterocycles. The molecule has 0 bridgehead atoms. The Morgan fingerprint density at radius 2 is 1.52 bits per heavy atom. The Balaban J connectivity index is 1.32. The van der Waals surface area contributed by atoms with Gasteiger partial charge in [0.05, 0.1) is 5.56 Å². The number of esters is 1. The fraction of sp³-hybridized carbons (Fsp3) is 0.710. The molecule has 0 radical (unpaired) electrons. The van der Waals surface area contributed by atoms with E-state index in [2.05, 4.69) is 38.1 Å². The first kappa shape index (κ1) is 26.0. The van der Waals surface area contributed by atoms with Crippen LogP contribution in [0.2, 0.25) is 0 Å². The van der Waals surface area contributed by atoms with E-state index in [0.29, 0.717) is 5.56 Å². The van der Waals surface area contributed by atoms with Crippen LogP contribution in [0.15, 0.2) is 36.4 Å². The van der Waals surface area contributed by atoms with Gasteiger partial charge in [0.2, 0.25) is 0 Å². The molecule has 0 N–H and O–H groups in total. The molecule has 1 aromatic carbocycles. The molecule has 2 aliphatic rings. The maximum Gasteiger partial charge on any atom is 0.338 e. The van der Waals surface area contributed by atoms with Crippen molar-refractivity contribution in [3.8, 4) is 0 Å². The van der Waals surface area contributed by atoms with E-state index in [1.165, 1.54) is 82.6 Å². The highest BCUT2D eigenvalue weighted by atomic mass is 16.5. The average molecular weight is 453 g/mol. The van der Waals surface area contributed by atoms with Crippen LogP contribution in [0.4, 0.5) is 0 Å². The second-order valence-corrected chi connectivity index (χ2v) is 10.8. The zero-order valence-electron chi connectivity index (χ0n) is 21.4. The van der Waals surface area contributed by atoms with Crippen LogP contribution in [0.3, 0.4) is 0 Å². The Labute approximate surface area is 203 Å². The largest absolute Gasteiger partial charge is 0.459 e. The number of carbonyl (C=O) groups is 1. The van der Waals surface area contributed by atoms with Crippen molar-refractivity contribution in [3.05, 3.63) is 47.5 Å². The zero-order valence-corrected chi connectivity index (χ0v) is 21.4. The summed E-state index contributed by atoms with van der Waals surface area (Å²) in [6, 6.07) is 8.10. The summed E-state index contributed by atoms with van der Waals surface area (Å²) in [4.78, 5) is 12.5. The monoisotopic (exact) mass is 452 g/mol. The molecule has 0 unspecified atom stereocenters. The molecule has 0 heterocycles. The maximum atomic E-state index is 12.5. The number of aryl methyl sites for hydroxylation is 1. The van der Waals surface area contributed by atoms with E-state index in [0.717, 1.165) is 43.4 Å². The fourth-order valence-corrected chi connectivity index (χ4v) is 5.86. The Bertz CT molecular complexity index is 688. The second-order valence-electron chi connectivity index (χ2n) is 10.8. The number of rotatable bonds is 12. The minimum atomic E-state index is -0.148. The van der Waals surface area contributed by atoms with E-state index in [9.17, 15) is 4.79 Å². The third-order valence-corrected chi connectivity index (χ3v) is 8.07. The van der Waals surface area contributed by atoms with Crippen molar-refractivity contribution in [2.75, 3.05) is 0 Å². The van der Waals surface area contributed by atoms with Crippen LogP contribution in [0, 0.1) is 17.8 Å². The number of hydrogen-bond acceptors (Lipinski definition) is 2. The lowest BCUT2D eigenvalue weighted by molar-refractivity contribution is 0.0161. The van der Waals surface area contributed by atoms with Crippen LogP contribution in [0.5, 0.6) is 0 Å². The fourth-order valence-electron chi connectivity index (χ4n) is 5.86. The highest BCUT2D eigenvalue weighted by Crippen LogP contribution is 2.33. The van der Waals surface area contributed by atoms with Gasteiger partial charge in [0, 0.05) is 0 Å². The highest BCUT2D eigenvalue weighted by Gasteiger charge is 2.24. The molecule has 33 heavy (non-hydrogen) atoms. The van der Waals surface area contributed by atoms with Crippen LogP contribution >= 0.6 is 0 Å². The van der Waals surface area contributed by atoms with Gasteiger partial charge in [-0.05, 0) is 99.7 Å². The Kier molecular flexibility index (Phi) is 11.6. The summed E-state index contributed by atoms with van der Waals surface area (Å²) < 4.78 is 5.79. The predicted molar refractivity (Wildman–Crippen MR) is 140 cm³/mol. The van der Waals surface area contributed by atoms with Crippen molar-refractivity contribution in [3.63, 3.8) is 0 Å². The van der Waals surface area contributed by atoms with Crippen molar-refractivity contribution in [2.24, 2.45) is 17.8 Å². The summed E-state index contributed by atoms with van der Waals surface area (Å²) in [5.41, 5.74) is 2.00. The average Bonchev–Trinajstić information content (AvgIpc) is 2.85. The topological polar surface area (TPSA) is 26.3 Å². The van der Waals surface area contributed by atoms with E-state index in [1.54, 1.807) is 0 Å². The van der Waals surface area contributed by atoms with Gasteiger partial charge in [0.15, 0.2) is 0 Å². The molecular formula is C31H48O2. The third-order valence-electron chi connectivity index (χ3n) is 8.07. The Morgan fingerprint density at radius 3 is 2.18 bits per heavy atom. The summed E-state index contributed by atoms with van der Waals surface area (Å²) in [6.45, 7) is 4.55. The smallest absolute Gasteiger partial charge is 0.338 e. The number of hydrogen-bond donors (Lipinski definition) is 0. The van der Waals surface area contributed by atoms with Crippen molar-refractivity contribution in [1.29, 1.82) is 0 Å². The standard InChI is InChI=1S/C31H48O2/c1-3-5-6-10-26-13-15-27(16-14-26)11-7-8-12-28-17-21-29(22-18-28)31(32)33-30-23-19-25(9-4-2)20-24-30/h7,11,17-18,21-22,25-27,30H,3-6,8-10,12-16,19-20,23-24H2,1-2H3/t25-,26-,27-,30-. The lowest BCUT2D eigenvalue weighted by Gasteiger charge is -2.28. The van der Waals surface area contributed by atoms with Gasteiger partial charge in [-0.2, -0.15) is 0 Å². The van der Waals surface area contributed by atoms with Gasteiger partial charge < -0.3 is 4.74 Å². The first-order valence-electron chi connectivity index (χ1n) is 14.1. The lowest BCUT2D eigenvalue weighted by Crippen LogP contribution is -2.24. The molecular weight excluding hydrogens is 404 g/mol. The zero-order chi connectivity index (χ0) is 23.3. The second kappa shape index (κ2) is 14.6. The van der Waals surface area contributed by atoms with Gasteiger partial charge >= 0.3 is 5.97 Å². The van der Waals surface area contributed by atoms with E-state index in [1.807, 2.05) is 12.1 Å². The normalized spacial score (nSPS) is 25.9. The van der Waals surface area contributed by atoms with Gasteiger partial charge in [-0.1, -0.05) is 76.7 Å². The van der Waals surface area contributed by atoms with Crippen LogP contribution in [0.1, 0.15) is 126 Å². The highest BCUT2D eigenvalue weighted by molar-refractivity contribution is 5.89. The summed E-state index contributed by atoms with van der Waals surface area (Å²) in [5, 5.41) is 0. The lowest BCUT2D eigenvalue weighted by atomic mass is 9.79. The minimum absolute atomic E-state index is 0.113. The van der Waals surface area contributed by atoms with E-state index < -0.39 is 0 Å².